The van der Waals surface area contributed by atoms with Gasteiger partial charge in [-0.25, -0.2) is 4.79 Å². The van der Waals surface area contributed by atoms with Crippen LogP contribution in [-0.2, 0) is 4.79 Å². The second-order valence-electron chi connectivity index (χ2n) is 2.18. The number of alkyl halides is 3. The molecule has 11 heavy (non-hydrogen) atoms. The zero-order valence-corrected chi connectivity index (χ0v) is 12.5. The number of carboxylic acids is 1. The number of carbonyl (C=O) groups is 1. The third-order valence-electron chi connectivity index (χ3n) is 1.22. The molecule has 1 unspecified atom stereocenters. The molecular formula is C6H9I3O2. The van der Waals surface area contributed by atoms with Gasteiger partial charge in [0.25, 0.3) is 0 Å². The van der Waals surface area contributed by atoms with E-state index in [0.717, 1.165) is 12.8 Å². The standard InChI is InChI=1S/C6H9I3O2/c1-2-3-4(7)6(8,9)5(10)11/h4H,2-3H2,1H3,(H,10,11). The summed E-state index contributed by atoms with van der Waals surface area (Å²) >= 11 is 6.19. The van der Waals surface area contributed by atoms with Crippen LogP contribution in [0.1, 0.15) is 19.8 Å². The van der Waals surface area contributed by atoms with Crippen molar-refractivity contribution in [1.82, 2.24) is 0 Å². The molecule has 0 spiro atoms. The molecule has 2 nitrogen and oxygen atoms in total. The molecule has 0 radical (unpaired) electrons. The second kappa shape index (κ2) is 5.40. The maximum absolute atomic E-state index is 10.7. The van der Waals surface area contributed by atoms with Crippen LogP contribution in [0, 0.1) is 0 Å². The van der Waals surface area contributed by atoms with Crippen molar-refractivity contribution in [3.05, 3.63) is 0 Å². The summed E-state index contributed by atoms with van der Waals surface area (Å²) in [5.41, 5.74) is 0. The molecule has 1 atom stereocenters. The summed E-state index contributed by atoms with van der Waals surface area (Å²) in [6.07, 6.45) is 1.99. The highest BCUT2D eigenvalue weighted by molar-refractivity contribution is 14.2. The van der Waals surface area contributed by atoms with Gasteiger partial charge < -0.3 is 5.11 Å². The number of hydrogen-bond acceptors (Lipinski definition) is 1. The number of hydrogen-bond donors (Lipinski definition) is 1. The van der Waals surface area contributed by atoms with E-state index in [2.05, 4.69) is 29.5 Å². The minimum absolute atomic E-state index is 0.198. The van der Waals surface area contributed by atoms with Gasteiger partial charge in [-0.15, -0.1) is 0 Å². The molecule has 66 valence electrons. The van der Waals surface area contributed by atoms with Gasteiger partial charge in [0.05, 0.1) is 0 Å². The van der Waals surface area contributed by atoms with Crippen LogP contribution < -0.4 is 0 Å². The molecule has 0 aromatic carbocycles. The molecule has 0 aliphatic carbocycles. The molecule has 1 N–H and O–H groups in total. The lowest BCUT2D eigenvalue weighted by Crippen LogP contribution is -2.33. The van der Waals surface area contributed by atoms with E-state index in [1.807, 2.05) is 45.2 Å². The Labute approximate surface area is 107 Å². The Balaban J connectivity index is 4.17. The first-order chi connectivity index (χ1) is 4.92. The molecule has 0 aromatic heterocycles. The average molecular weight is 494 g/mol. The van der Waals surface area contributed by atoms with Crippen molar-refractivity contribution >= 4 is 73.7 Å². The first kappa shape index (κ1) is 12.7. The molecule has 0 amide bonds. The van der Waals surface area contributed by atoms with Gasteiger partial charge in [-0.05, 0) is 6.42 Å². The quantitative estimate of drug-likeness (QED) is 0.482. The van der Waals surface area contributed by atoms with Gasteiger partial charge in [-0.2, -0.15) is 0 Å². The topological polar surface area (TPSA) is 37.3 Å². The maximum Gasteiger partial charge on any atom is 0.330 e. The minimum Gasteiger partial charge on any atom is -0.480 e. The zero-order chi connectivity index (χ0) is 9.07. The number of rotatable bonds is 4. The third kappa shape index (κ3) is 3.92. The molecule has 0 heterocycles. The fraction of sp³-hybridized carbons (Fsp3) is 0.833. The van der Waals surface area contributed by atoms with Crippen LogP contribution in [0.5, 0.6) is 0 Å². The van der Waals surface area contributed by atoms with E-state index in [1.54, 1.807) is 0 Å². The Bertz CT molecular complexity index is 147. The summed E-state index contributed by atoms with van der Waals surface area (Å²) in [4.78, 5) is 10.7. The van der Waals surface area contributed by atoms with E-state index in [-0.39, 0.29) is 3.92 Å². The van der Waals surface area contributed by atoms with E-state index in [0.29, 0.717) is 0 Å². The summed E-state index contributed by atoms with van der Waals surface area (Å²) < 4.78 is -0.449. The van der Waals surface area contributed by atoms with Crippen molar-refractivity contribution in [1.29, 1.82) is 0 Å². The van der Waals surface area contributed by atoms with Crippen molar-refractivity contribution < 1.29 is 9.90 Å². The Hall–Kier alpha value is 1.66. The van der Waals surface area contributed by atoms with Gasteiger partial charge in [-0.3, -0.25) is 0 Å². The lowest BCUT2D eigenvalue weighted by molar-refractivity contribution is -0.136. The lowest BCUT2D eigenvalue weighted by Gasteiger charge is -2.21. The molecule has 0 fully saturated rings. The number of halogens is 3. The molecule has 0 aliphatic rings. The molecule has 0 saturated carbocycles. The zero-order valence-electron chi connectivity index (χ0n) is 5.98. The van der Waals surface area contributed by atoms with E-state index >= 15 is 0 Å². The van der Waals surface area contributed by atoms with E-state index in [9.17, 15) is 4.79 Å². The van der Waals surface area contributed by atoms with E-state index < -0.39 is 7.40 Å². The minimum atomic E-state index is -0.730. The highest BCUT2D eigenvalue weighted by atomic mass is 127. The van der Waals surface area contributed by atoms with Gasteiger partial charge in [0.1, 0.15) is 0 Å². The van der Waals surface area contributed by atoms with Crippen LogP contribution in [-0.4, -0.2) is 16.4 Å². The fourth-order valence-corrected chi connectivity index (χ4v) is 2.08. The molecule has 0 aliphatic heterocycles. The Kier molecular flexibility index (Phi) is 6.22. The monoisotopic (exact) mass is 494 g/mol. The first-order valence-corrected chi connectivity index (χ1v) is 6.58. The number of carboxylic acid groups (broad SMARTS) is 1. The van der Waals surface area contributed by atoms with E-state index in [4.69, 9.17) is 5.11 Å². The van der Waals surface area contributed by atoms with Crippen molar-refractivity contribution in [2.45, 2.75) is 25.1 Å². The largest absolute Gasteiger partial charge is 0.480 e. The van der Waals surface area contributed by atoms with Crippen LogP contribution in [0.25, 0.3) is 0 Å². The predicted octanol–water partition coefficient (Wildman–Crippen LogP) is 3.24. The normalized spacial score (nSPS) is 14.5. The summed E-state index contributed by atoms with van der Waals surface area (Å²) in [6, 6.07) is 0. The highest BCUT2D eigenvalue weighted by Gasteiger charge is 2.38. The van der Waals surface area contributed by atoms with Crippen LogP contribution >= 0.6 is 67.8 Å². The molecule has 0 aromatic rings. The van der Waals surface area contributed by atoms with Crippen LogP contribution in [0.3, 0.4) is 0 Å². The van der Waals surface area contributed by atoms with Gasteiger partial charge >= 0.3 is 5.97 Å². The van der Waals surface area contributed by atoms with E-state index in [1.165, 1.54) is 0 Å². The van der Waals surface area contributed by atoms with Crippen molar-refractivity contribution in [3.63, 3.8) is 0 Å². The average Bonchev–Trinajstić information content (AvgIpc) is 1.88. The molecule has 0 saturated heterocycles. The van der Waals surface area contributed by atoms with Gasteiger partial charge in [-0.1, -0.05) is 81.1 Å². The van der Waals surface area contributed by atoms with Crippen LogP contribution in [0.4, 0.5) is 0 Å². The highest BCUT2D eigenvalue weighted by Crippen LogP contribution is 2.38. The SMILES string of the molecule is CCCC(I)C(I)(I)C(=O)O. The smallest absolute Gasteiger partial charge is 0.330 e. The third-order valence-corrected chi connectivity index (χ3v) is 7.59. The van der Waals surface area contributed by atoms with Crippen molar-refractivity contribution in [3.8, 4) is 0 Å². The van der Waals surface area contributed by atoms with Crippen molar-refractivity contribution in [2.24, 2.45) is 0 Å². The van der Waals surface area contributed by atoms with Gasteiger partial charge in [0.15, 0.2) is 1.43 Å². The Morgan fingerprint density at radius 2 is 2.09 bits per heavy atom. The van der Waals surface area contributed by atoms with Crippen LogP contribution in [0.2, 0.25) is 0 Å². The van der Waals surface area contributed by atoms with Crippen LogP contribution in [0.15, 0.2) is 0 Å². The predicted molar refractivity (Wildman–Crippen MR) is 71.1 cm³/mol. The molecule has 5 heteroatoms. The first-order valence-electron chi connectivity index (χ1n) is 3.18. The fourth-order valence-electron chi connectivity index (χ4n) is 0.569. The maximum atomic E-state index is 10.7. The van der Waals surface area contributed by atoms with Crippen molar-refractivity contribution in [2.75, 3.05) is 0 Å². The summed E-state index contributed by atoms with van der Waals surface area (Å²) in [6.45, 7) is 2.07. The molecular weight excluding hydrogens is 485 g/mol. The van der Waals surface area contributed by atoms with Gasteiger partial charge in [0, 0.05) is 3.92 Å². The lowest BCUT2D eigenvalue weighted by atomic mass is 10.2. The second-order valence-corrected chi connectivity index (χ2v) is 9.16. The molecule has 0 rings (SSSR count). The molecule has 0 bridgehead atoms. The summed E-state index contributed by atoms with van der Waals surface area (Å²) in [5.74, 6) is -0.730. The Morgan fingerprint density at radius 1 is 1.64 bits per heavy atom. The Morgan fingerprint density at radius 3 is 2.36 bits per heavy atom. The number of aliphatic carboxylic acids is 1. The summed E-state index contributed by atoms with van der Waals surface area (Å²) in [5, 5.41) is 8.82. The summed E-state index contributed by atoms with van der Waals surface area (Å²) in [7, 11) is 0. The van der Waals surface area contributed by atoms with Gasteiger partial charge in [0.2, 0.25) is 0 Å².